The van der Waals surface area contributed by atoms with Gasteiger partial charge in [-0.15, -0.1) is 0 Å². The summed E-state index contributed by atoms with van der Waals surface area (Å²) in [4.78, 5) is 0.278. The maximum absolute atomic E-state index is 11.9. The molecule has 1 aromatic heterocycles. The third kappa shape index (κ3) is 1.80. The van der Waals surface area contributed by atoms with Crippen LogP contribution in [0.3, 0.4) is 0 Å². The summed E-state index contributed by atoms with van der Waals surface area (Å²) in [5.41, 5.74) is 1.03. The minimum Gasteiger partial charge on any atom is -0.240 e. The summed E-state index contributed by atoms with van der Waals surface area (Å²) in [7, 11) is -3.45. The molecule has 0 atom stereocenters. The van der Waals surface area contributed by atoms with Crippen LogP contribution >= 0.6 is 0 Å². The molecule has 0 aliphatic carbocycles. The lowest BCUT2D eigenvalue weighted by atomic mass is 10.2. The molecule has 2 rings (SSSR count). The van der Waals surface area contributed by atoms with E-state index in [0.717, 1.165) is 9.54 Å². The first kappa shape index (κ1) is 9.98. The topological polar surface area (TPSA) is 39.1 Å². The van der Waals surface area contributed by atoms with Crippen molar-refractivity contribution >= 4 is 10.0 Å². The molecule has 0 N–H and O–H groups in total. The molecule has 0 unspecified atom stereocenters. The Hall–Kier alpha value is -1.55. The second kappa shape index (κ2) is 3.55. The van der Waals surface area contributed by atoms with E-state index in [2.05, 4.69) is 6.20 Å². The highest BCUT2D eigenvalue weighted by molar-refractivity contribution is 7.90. The van der Waals surface area contributed by atoms with Gasteiger partial charge in [0.2, 0.25) is 0 Å². The van der Waals surface area contributed by atoms with Crippen molar-refractivity contribution in [2.75, 3.05) is 0 Å². The van der Waals surface area contributed by atoms with E-state index in [1.807, 2.05) is 6.92 Å². The molecule has 77 valence electrons. The third-order valence-electron chi connectivity index (χ3n) is 2.10. The lowest BCUT2D eigenvalue weighted by Crippen LogP contribution is -2.10. The van der Waals surface area contributed by atoms with Gasteiger partial charge in [0, 0.05) is 6.20 Å². The van der Waals surface area contributed by atoms with Gasteiger partial charge in [-0.3, -0.25) is 0 Å². The zero-order chi connectivity index (χ0) is 10.9. The predicted molar refractivity (Wildman–Crippen MR) is 57.0 cm³/mol. The number of hydrogen-bond donors (Lipinski definition) is 0. The van der Waals surface area contributed by atoms with Crippen molar-refractivity contribution < 1.29 is 8.42 Å². The SMILES string of the molecule is Cc1ccc(S(=O)(=O)n2[c]ccc2)cc1. The zero-order valence-corrected chi connectivity index (χ0v) is 9.03. The maximum Gasteiger partial charge on any atom is 0.268 e. The minimum absolute atomic E-state index is 0.278. The molecule has 0 fully saturated rings. The number of rotatable bonds is 2. The van der Waals surface area contributed by atoms with Crippen LogP contribution in [0.25, 0.3) is 0 Å². The molecular formula is C11H10NO2S. The monoisotopic (exact) mass is 220 g/mol. The van der Waals surface area contributed by atoms with Crippen LogP contribution in [0.5, 0.6) is 0 Å². The quantitative estimate of drug-likeness (QED) is 0.774. The number of nitrogens with zero attached hydrogens (tertiary/aromatic N) is 1. The fraction of sp³-hybridized carbons (Fsp3) is 0.0909. The van der Waals surface area contributed by atoms with Gasteiger partial charge in [0.1, 0.15) is 0 Å². The van der Waals surface area contributed by atoms with Crippen LogP contribution in [0, 0.1) is 13.1 Å². The van der Waals surface area contributed by atoms with E-state index in [9.17, 15) is 8.42 Å². The smallest absolute Gasteiger partial charge is 0.240 e. The Morgan fingerprint density at radius 1 is 1.20 bits per heavy atom. The molecular weight excluding hydrogens is 210 g/mol. The van der Waals surface area contributed by atoms with Crippen LogP contribution < -0.4 is 0 Å². The van der Waals surface area contributed by atoms with E-state index in [4.69, 9.17) is 0 Å². The van der Waals surface area contributed by atoms with E-state index < -0.39 is 10.0 Å². The number of aromatic nitrogens is 1. The van der Waals surface area contributed by atoms with Gasteiger partial charge in [0.25, 0.3) is 10.0 Å². The van der Waals surface area contributed by atoms with Crippen LogP contribution in [-0.4, -0.2) is 12.4 Å². The molecule has 0 saturated heterocycles. The average molecular weight is 220 g/mol. The average Bonchev–Trinajstić information content (AvgIpc) is 2.71. The first-order valence-corrected chi connectivity index (χ1v) is 5.92. The Morgan fingerprint density at radius 3 is 2.40 bits per heavy atom. The molecule has 1 radical (unpaired) electrons. The Labute approximate surface area is 89.0 Å². The first-order valence-electron chi connectivity index (χ1n) is 4.48. The van der Waals surface area contributed by atoms with Gasteiger partial charge in [0.05, 0.1) is 11.1 Å². The van der Waals surface area contributed by atoms with Crippen LogP contribution in [0.2, 0.25) is 0 Å². The number of aryl methyl sites for hydroxylation is 1. The van der Waals surface area contributed by atoms with Gasteiger partial charge in [0.15, 0.2) is 0 Å². The molecule has 0 spiro atoms. The van der Waals surface area contributed by atoms with Crippen LogP contribution in [0.1, 0.15) is 5.56 Å². The van der Waals surface area contributed by atoms with E-state index >= 15 is 0 Å². The van der Waals surface area contributed by atoms with Crippen molar-refractivity contribution in [3.05, 3.63) is 54.4 Å². The van der Waals surface area contributed by atoms with Gasteiger partial charge in [-0.05, 0) is 31.2 Å². The van der Waals surface area contributed by atoms with Crippen LogP contribution in [0.15, 0.2) is 47.5 Å². The molecule has 0 aliphatic heterocycles. The minimum atomic E-state index is -3.45. The molecule has 15 heavy (non-hydrogen) atoms. The summed E-state index contributed by atoms with van der Waals surface area (Å²) in [5, 5.41) is 0. The molecule has 1 heterocycles. The Kier molecular flexibility index (Phi) is 2.36. The highest BCUT2D eigenvalue weighted by Crippen LogP contribution is 2.13. The van der Waals surface area contributed by atoms with Gasteiger partial charge in [-0.25, -0.2) is 12.4 Å². The summed E-state index contributed by atoms with van der Waals surface area (Å²) < 4.78 is 25.0. The van der Waals surface area contributed by atoms with Crippen molar-refractivity contribution in [2.24, 2.45) is 0 Å². The third-order valence-corrected chi connectivity index (χ3v) is 3.71. The molecule has 2 aromatic rings. The van der Waals surface area contributed by atoms with Crippen molar-refractivity contribution in [3.63, 3.8) is 0 Å². The van der Waals surface area contributed by atoms with Gasteiger partial charge < -0.3 is 0 Å². The van der Waals surface area contributed by atoms with Crippen molar-refractivity contribution in [1.82, 2.24) is 3.97 Å². The van der Waals surface area contributed by atoms with Crippen molar-refractivity contribution in [2.45, 2.75) is 11.8 Å². The lowest BCUT2D eigenvalue weighted by Gasteiger charge is -2.04. The highest BCUT2D eigenvalue weighted by Gasteiger charge is 2.14. The van der Waals surface area contributed by atoms with Crippen LogP contribution in [-0.2, 0) is 10.0 Å². The fourth-order valence-electron chi connectivity index (χ4n) is 1.25. The van der Waals surface area contributed by atoms with Gasteiger partial charge >= 0.3 is 0 Å². The Bertz CT molecular complexity index is 539. The number of benzene rings is 1. The molecule has 0 saturated carbocycles. The first-order chi connectivity index (χ1) is 7.10. The summed E-state index contributed by atoms with van der Waals surface area (Å²) in [6.45, 7) is 1.91. The lowest BCUT2D eigenvalue weighted by molar-refractivity contribution is 0.587. The van der Waals surface area contributed by atoms with E-state index in [0.29, 0.717) is 0 Å². The van der Waals surface area contributed by atoms with Crippen molar-refractivity contribution in [1.29, 1.82) is 0 Å². The highest BCUT2D eigenvalue weighted by atomic mass is 32.2. The standard InChI is InChI=1S/C11H10NO2S/c1-10-4-6-11(7-5-10)15(13,14)12-8-2-3-9-12/h2-8H,1H3. The van der Waals surface area contributed by atoms with Gasteiger partial charge in [-0.1, -0.05) is 17.7 Å². The van der Waals surface area contributed by atoms with Crippen molar-refractivity contribution in [3.8, 4) is 0 Å². The maximum atomic E-state index is 11.9. The second-order valence-corrected chi connectivity index (χ2v) is 5.07. The predicted octanol–water partition coefficient (Wildman–Crippen LogP) is 1.83. The summed E-state index contributed by atoms with van der Waals surface area (Å²) in [5.74, 6) is 0. The second-order valence-electron chi connectivity index (χ2n) is 3.25. The summed E-state index contributed by atoms with van der Waals surface area (Å²) in [6.07, 6.45) is 4.09. The Balaban J connectivity index is 2.52. The normalized spacial score (nSPS) is 11.5. The molecule has 4 heteroatoms. The van der Waals surface area contributed by atoms with Gasteiger partial charge in [-0.2, -0.15) is 0 Å². The van der Waals surface area contributed by atoms with E-state index in [-0.39, 0.29) is 4.90 Å². The fourth-order valence-corrected chi connectivity index (χ4v) is 2.39. The molecule has 0 bridgehead atoms. The molecule has 3 nitrogen and oxygen atoms in total. The summed E-state index contributed by atoms with van der Waals surface area (Å²) in [6, 6.07) is 9.93. The molecule has 0 amide bonds. The summed E-state index contributed by atoms with van der Waals surface area (Å²) >= 11 is 0. The molecule has 0 aliphatic rings. The molecule has 1 aromatic carbocycles. The number of hydrogen-bond acceptors (Lipinski definition) is 2. The Morgan fingerprint density at radius 2 is 1.87 bits per heavy atom. The largest absolute Gasteiger partial charge is 0.268 e. The van der Waals surface area contributed by atoms with E-state index in [1.54, 1.807) is 36.4 Å². The van der Waals surface area contributed by atoms with Crippen LogP contribution in [0.4, 0.5) is 0 Å². The zero-order valence-electron chi connectivity index (χ0n) is 8.21. The van der Waals surface area contributed by atoms with E-state index in [1.165, 1.54) is 6.20 Å².